The highest BCUT2D eigenvalue weighted by Crippen LogP contribution is 2.39. The second-order valence-corrected chi connectivity index (χ2v) is 6.70. The van der Waals surface area contributed by atoms with Gasteiger partial charge < -0.3 is 5.32 Å². The maximum atomic E-state index is 3.44. The molecule has 2 aliphatic rings. The lowest BCUT2D eigenvalue weighted by molar-refractivity contribution is 0.0684. The lowest BCUT2D eigenvalue weighted by atomic mass is 9.83. The number of hydrogen-bond acceptors (Lipinski definition) is 2. The Morgan fingerprint density at radius 3 is 2.53 bits per heavy atom. The Balaban J connectivity index is 1.96. The van der Waals surface area contributed by atoms with Crippen LogP contribution in [0.25, 0.3) is 0 Å². The molecule has 1 heterocycles. The molecule has 1 N–H and O–H groups in total. The molecule has 0 aromatic heterocycles. The van der Waals surface area contributed by atoms with Gasteiger partial charge in [0.1, 0.15) is 0 Å². The highest BCUT2D eigenvalue weighted by molar-refractivity contribution is 4.91. The Labute approximate surface area is 107 Å². The first-order valence-electron chi connectivity index (χ1n) is 7.54. The van der Waals surface area contributed by atoms with Crippen molar-refractivity contribution in [3.05, 3.63) is 0 Å². The van der Waals surface area contributed by atoms with Crippen molar-refractivity contribution in [2.24, 2.45) is 11.3 Å². The molecule has 0 bridgehead atoms. The fourth-order valence-corrected chi connectivity index (χ4v) is 3.92. The van der Waals surface area contributed by atoms with Crippen molar-refractivity contribution in [1.82, 2.24) is 10.2 Å². The summed E-state index contributed by atoms with van der Waals surface area (Å²) in [5.74, 6) is 0.902. The maximum absolute atomic E-state index is 3.44. The average Bonchev–Trinajstić information content (AvgIpc) is 2.73. The number of hydrogen-bond donors (Lipinski definition) is 1. The van der Waals surface area contributed by atoms with E-state index in [-0.39, 0.29) is 0 Å². The van der Waals surface area contributed by atoms with Crippen molar-refractivity contribution in [3.63, 3.8) is 0 Å². The van der Waals surface area contributed by atoms with Gasteiger partial charge in [0.05, 0.1) is 0 Å². The second-order valence-electron chi connectivity index (χ2n) is 6.70. The van der Waals surface area contributed by atoms with Crippen molar-refractivity contribution in [2.75, 3.05) is 26.7 Å². The molecular formula is C15H30N2. The van der Waals surface area contributed by atoms with Crippen molar-refractivity contribution >= 4 is 0 Å². The van der Waals surface area contributed by atoms with Crippen LogP contribution in [0.4, 0.5) is 0 Å². The van der Waals surface area contributed by atoms with Crippen molar-refractivity contribution in [3.8, 4) is 0 Å². The van der Waals surface area contributed by atoms with Crippen LogP contribution in [0.2, 0.25) is 0 Å². The Hall–Kier alpha value is -0.0800. The van der Waals surface area contributed by atoms with Crippen molar-refractivity contribution < 1.29 is 0 Å². The minimum atomic E-state index is 0.583. The molecule has 17 heavy (non-hydrogen) atoms. The van der Waals surface area contributed by atoms with Gasteiger partial charge in [0, 0.05) is 25.7 Å². The number of rotatable bonds is 4. The van der Waals surface area contributed by atoms with Crippen LogP contribution in [0.15, 0.2) is 0 Å². The van der Waals surface area contributed by atoms with Gasteiger partial charge in [0.25, 0.3) is 0 Å². The quantitative estimate of drug-likeness (QED) is 0.810. The molecule has 100 valence electrons. The van der Waals surface area contributed by atoms with E-state index in [0.717, 1.165) is 12.0 Å². The highest BCUT2D eigenvalue weighted by Gasteiger charge is 2.37. The Kier molecular flexibility index (Phi) is 4.48. The van der Waals surface area contributed by atoms with Crippen LogP contribution in [-0.4, -0.2) is 37.6 Å². The van der Waals surface area contributed by atoms with Crippen LogP contribution >= 0.6 is 0 Å². The summed E-state index contributed by atoms with van der Waals surface area (Å²) < 4.78 is 0. The summed E-state index contributed by atoms with van der Waals surface area (Å²) in [6.07, 6.45) is 8.59. The van der Waals surface area contributed by atoms with E-state index in [2.05, 4.69) is 31.1 Å². The summed E-state index contributed by atoms with van der Waals surface area (Å²) in [6, 6.07) is 0.806. The largest absolute Gasteiger partial charge is 0.319 e. The summed E-state index contributed by atoms with van der Waals surface area (Å²) in [5, 5.41) is 3.44. The normalized spacial score (nSPS) is 34.1. The first-order valence-corrected chi connectivity index (χ1v) is 7.54. The lowest BCUT2D eigenvalue weighted by Gasteiger charge is -2.42. The Bertz CT molecular complexity index is 233. The number of piperidine rings is 1. The number of likely N-dealkylation sites (tertiary alicyclic amines) is 1. The average molecular weight is 238 g/mol. The minimum absolute atomic E-state index is 0.583. The van der Waals surface area contributed by atoms with E-state index in [4.69, 9.17) is 0 Å². The van der Waals surface area contributed by atoms with Crippen LogP contribution in [0, 0.1) is 11.3 Å². The van der Waals surface area contributed by atoms with E-state index in [1.807, 2.05) is 0 Å². The fourth-order valence-electron chi connectivity index (χ4n) is 3.92. The maximum Gasteiger partial charge on any atom is 0.00673 e. The molecule has 1 saturated carbocycles. The molecule has 0 radical (unpaired) electrons. The zero-order valence-corrected chi connectivity index (χ0v) is 12.0. The van der Waals surface area contributed by atoms with Gasteiger partial charge in [-0.05, 0) is 51.0 Å². The molecule has 2 rings (SSSR count). The fraction of sp³-hybridized carbons (Fsp3) is 1.00. The van der Waals surface area contributed by atoms with Crippen LogP contribution in [-0.2, 0) is 0 Å². The predicted molar refractivity (Wildman–Crippen MR) is 74.3 cm³/mol. The SMILES string of the molecule is CNCC1(CN2CC(C)CCC2C)CCCC1. The zero-order valence-electron chi connectivity index (χ0n) is 12.0. The Morgan fingerprint density at radius 2 is 1.88 bits per heavy atom. The molecule has 2 fully saturated rings. The molecule has 2 heteroatoms. The topological polar surface area (TPSA) is 15.3 Å². The van der Waals surface area contributed by atoms with E-state index >= 15 is 0 Å². The van der Waals surface area contributed by atoms with E-state index in [1.54, 1.807) is 0 Å². The van der Waals surface area contributed by atoms with Crippen LogP contribution in [0.1, 0.15) is 52.4 Å². The number of nitrogens with one attached hydrogen (secondary N) is 1. The molecule has 0 spiro atoms. The van der Waals surface area contributed by atoms with Crippen LogP contribution in [0.5, 0.6) is 0 Å². The van der Waals surface area contributed by atoms with E-state index in [0.29, 0.717) is 5.41 Å². The lowest BCUT2D eigenvalue weighted by Crippen LogP contribution is -2.48. The molecule has 0 aromatic carbocycles. The standard InChI is InChI=1S/C15H30N2/c1-13-6-7-14(2)17(10-13)12-15(11-16-3)8-4-5-9-15/h13-14,16H,4-12H2,1-3H3. The van der Waals surface area contributed by atoms with E-state index < -0.39 is 0 Å². The van der Waals surface area contributed by atoms with E-state index in [9.17, 15) is 0 Å². The van der Waals surface area contributed by atoms with Crippen LogP contribution in [0.3, 0.4) is 0 Å². The van der Waals surface area contributed by atoms with Gasteiger partial charge in [0.2, 0.25) is 0 Å². The molecule has 1 aliphatic heterocycles. The summed E-state index contributed by atoms with van der Waals surface area (Å²) >= 11 is 0. The third kappa shape index (κ3) is 3.23. The second kappa shape index (κ2) is 5.71. The molecule has 0 amide bonds. The predicted octanol–water partition coefficient (Wildman–Crippen LogP) is 2.89. The van der Waals surface area contributed by atoms with E-state index in [1.165, 1.54) is 58.2 Å². The molecule has 2 nitrogen and oxygen atoms in total. The third-order valence-corrected chi connectivity index (χ3v) is 5.00. The molecule has 1 aliphatic carbocycles. The smallest absolute Gasteiger partial charge is 0.00673 e. The van der Waals surface area contributed by atoms with Gasteiger partial charge in [-0.1, -0.05) is 19.8 Å². The summed E-state index contributed by atoms with van der Waals surface area (Å²) in [4.78, 5) is 2.77. The van der Waals surface area contributed by atoms with Gasteiger partial charge >= 0.3 is 0 Å². The van der Waals surface area contributed by atoms with Crippen LogP contribution < -0.4 is 5.32 Å². The monoisotopic (exact) mass is 238 g/mol. The zero-order chi connectivity index (χ0) is 12.3. The molecule has 0 aromatic rings. The first-order chi connectivity index (χ1) is 8.15. The summed E-state index contributed by atoms with van der Waals surface area (Å²) in [5.41, 5.74) is 0.583. The van der Waals surface area contributed by atoms with Gasteiger partial charge in [-0.3, -0.25) is 4.90 Å². The van der Waals surface area contributed by atoms with Crippen molar-refractivity contribution in [1.29, 1.82) is 0 Å². The van der Waals surface area contributed by atoms with Gasteiger partial charge in [-0.15, -0.1) is 0 Å². The molecule has 2 atom stereocenters. The minimum Gasteiger partial charge on any atom is -0.319 e. The van der Waals surface area contributed by atoms with Gasteiger partial charge in [-0.25, -0.2) is 0 Å². The highest BCUT2D eigenvalue weighted by atomic mass is 15.2. The molecule has 2 unspecified atom stereocenters. The number of nitrogens with zero attached hydrogens (tertiary/aromatic N) is 1. The van der Waals surface area contributed by atoms with Crippen molar-refractivity contribution in [2.45, 2.75) is 58.4 Å². The Morgan fingerprint density at radius 1 is 1.18 bits per heavy atom. The van der Waals surface area contributed by atoms with Gasteiger partial charge in [-0.2, -0.15) is 0 Å². The van der Waals surface area contributed by atoms with Gasteiger partial charge in [0.15, 0.2) is 0 Å². The molecular weight excluding hydrogens is 208 g/mol. The first kappa shape index (κ1) is 13.4. The third-order valence-electron chi connectivity index (χ3n) is 5.00. The summed E-state index contributed by atoms with van der Waals surface area (Å²) in [6.45, 7) is 8.71. The summed E-state index contributed by atoms with van der Waals surface area (Å²) in [7, 11) is 2.11. The molecule has 1 saturated heterocycles.